The van der Waals surface area contributed by atoms with Gasteiger partial charge in [0.1, 0.15) is 27.7 Å². The molecule has 0 fully saturated rings. The van der Waals surface area contributed by atoms with Crippen molar-refractivity contribution in [2.24, 2.45) is 0 Å². The van der Waals surface area contributed by atoms with Gasteiger partial charge in [-0.25, -0.2) is 13.4 Å². The number of anilines is 1. The molecule has 180 valence electrons. The molecule has 0 saturated carbocycles. The fraction of sp³-hybridized carbons (Fsp3) is 0.250. The smallest absolute Gasteiger partial charge is 0.265 e. The summed E-state index contributed by atoms with van der Waals surface area (Å²) in [7, 11) is -1.17. The third-order valence-electron chi connectivity index (χ3n) is 4.97. The average molecular weight is 486 g/mol. The monoisotopic (exact) mass is 485 g/mol. The van der Waals surface area contributed by atoms with Crippen molar-refractivity contribution in [1.29, 1.82) is 0 Å². The highest BCUT2D eigenvalue weighted by molar-refractivity contribution is 7.92. The number of benzene rings is 2. The van der Waals surface area contributed by atoms with Crippen molar-refractivity contribution >= 4 is 21.6 Å². The van der Waals surface area contributed by atoms with E-state index in [-0.39, 0.29) is 39.7 Å². The zero-order valence-electron chi connectivity index (χ0n) is 19.4. The minimum atomic E-state index is -4.01. The highest BCUT2D eigenvalue weighted by Crippen LogP contribution is 2.31. The van der Waals surface area contributed by atoms with Gasteiger partial charge < -0.3 is 19.5 Å². The van der Waals surface area contributed by atoms with Gasteiger partial charge in [0.25, 0.3) is 15.9 Å². The van der Waals surface area contributed by atoms with Gasteiger partial charge in [0, 0.05) is 24.4 Å². The lowest BCUT2D eigenvalue weighted by Gasteiger charge is -2.15. The molecule has 3 rings (SSSR count). The molecule has 1 aromatic heterocycles. The van der Waals surface area contributed by atoms with Crippen molar-refractivity contribution in [2.75, 3.05) is 18.9 Å². The van der Waals surface area contributed by atoms with Crippen LogP contribution in [0.5, 0.6) is 23.1 Å². The number of nitrogens with one attached hydrogen (secondary N) is 2. The summed E-state index contributed by atoms with van der Waals surface area (Å²) in [6.45, 7) is 3.88. The molecule has 0 aliphatic heterocycles. The molecule has 0 aliphatic carbocycles. The molecule has 0 bridgehead atoms. The van der Waals surface area contributed by atoms with Gasteiger partial charge in [-0.3, -0.25) is 9.52 Å². The van der Waals surface area contributed by atoms with Crippen LogP contribution in [0.4, 0.5) is 5.69 Å². The number of ether oxygens (including phenoxy) is 3. The van der Waals surface area contributed by atoms with Crippen LogP contribution in [0.15, 0.2) is 65.7 Å². The third-order valence-corrected chi connectivity index (χ3v) is 6.37. The quantitative estimate of drug-likeness (QED) is 0.442. The van der Waals surface area contributed by atoms with Gasteiger partial charge in [-0.15, -0.1) is 0 Å². The first-order chi connectivity index (χ1) is 16.3. The van der Waals surface area contributed by atoms with Crippen molar-refractivity contribution in [3.63, 3.8) is 0 Å². The van der Waals surface area contributed by atoms with Crippen LogP contribution in [-0.4, -0.2) is 39.6 Å². The summed E-state index contributed by atoms with van der Waals surface area (Å²) < 4.78 is 44.8. The van der Waals surface area contributed by atoms with E-state index in [0.717, 1.165) is 6.42 Å². The zero-order chi connectivity index (χ0) is 24.7. The van der Waals surface area contributed by atoms with Gasteiger partial charge in [-0.2, -0.15) is 0 Å². The fourth-order valence-electron chi connectivity index (χ4n) is 2.99. The van der Waals surface area contributed by atoms with E-state index in [4.69, 9.17) is 14.2 Å². The predicted octanol–water partition coefficient (Wildman–Crippen LogP) is 4.22. The highest BCUT2D eigenvalue weighted by atomic mass is 32.2. The highest BCUT2D eigenvalue weighted by Gasteiger charge is 2.21. The van der Waals surface area contributed by atoms with E-state index >= 15 is 0 Å². The van der Waals surface area contributed by atoms with Crippen molar-refractivity contribution in [3.05, 3.63) is 66.4 Å². The second-order valence-electron chi connectivity index (χ2n) is 7.39. The molecule has 0 spiro atoms. The molecular weight excluding hydrogens is 458 g/mol. The first-order valence-electron chi connectivity index (χ1n) is 10.6. The Morgan fingerprint density at radius 1 is 1.03 bits per heavy atom. The number of carbonyl (C=O) groups is 1. The van der Waals surface area contributed by atoms with Gasteiger partial charge in [-0.05, 0) is 49.7 Å². The van der Waals surface area contributed by atoms with Crippen molar-refractivity contribution < 1.29 is 27.4 Å². The van der Waals surface area contributed by atoms with Crippen molar-refractivity contribution in [2.45, 2.75) is 31.2 Å². The lowest BCUT2D eigenvalue weighted by atomic mass is 10.2. The molecule has 2 N–H and O–H groups in total. The SMILES string of the molecule is CC[C@@H](C)NC(=O)c1cccnc1Oc1cccc(NS(=O)(=O)c2cc(OC)ccc2OC)c1. The summed E-state index contributed by atoms with van der Waals surface area (Å²) in [4.78, 5) is 16.7. The van der Waals surface area contributed by atoms with E-state index in [1.165, 1.54) is 38.6 Å². The largest absolute Gasteiger partial charge is 0.497 e. The number of pyridine rings is 1. The second-order valence-corrected chi connectivity index (χ2v) is 9.04. The van der Waals surface area contributed by atoms with Crippen LogP contribution in [0.2, 0.25) is 0 Å². The average Bonchev–Trinajstić information content (AvgIpc) is 2.83. The molecule has 1 amide bonds. The van der Waals surface area contributed by atoms with Gasteiger partial charge in [0.05, 0.1) is 19.9 Å². The fourth-order valence-corrected chi connectivity index (χ4v) is 4.22. The van der Waals surface area contributed by atoms with Gasteiger partial charge >= 0.3 is 0 Å². The summed E-state index contributed by atoms with van der Waals surface area (Å²) in [6.07, 6.45) is 2.29. The molecule has 0 radical (unpaired) electrons. The molecule has 9 nitrogen and oxygen atoms in total. The van der Waals surface area contributed by atoms with E-state index in [1.54, 1.807) is 36.4 Å². The number of rotatable bonds is 10. The standard InChI is InChI=1S/C24H27N3O6S/c1-5-16(2)26-23(28)20-10-7-13-25-24(20)33-19-9-6-8-17(14-19)27-34(29,30)22-15-18(31-3)11-12-21(22)32-4/h6-16,27H,5H2,1-4H3,(H,26,28)/t16-/m1/s1. The summed E-state index contributed by atoms with van der Waals surface area (Å²) >= 11 is 0. The Hall–Kier alpha value is -3.79. The lowest BCUT2D eigenvalue weighted by molar-refractivity contribution is 0.0936. The number of sulfonamides is 1. The van der Waals surface area contributed by atoms with E-state index in [0.29, 0.717) is 11.5 Å². The molecule has 10 heteroatoms. The van der Waals surface area contributed by atoms with E-state index < -0.39 is 10.0 Å². The summed E-state index contributed by atoms with van der Waals surface area (Å²) in [5.41, 5.74) is 0.527. The molecule has 0 unspecified atom stereocenters. The van der Waals surface area contributed by atoms with Crippen LogP contribution in [-0.2, 0) is 10.0 Å². The maximum absolute atomic E-state index is 13.0. The van der Waals surface area contributed by atoms with E-state index in [1.807, 2.05) is 13.8 Å². The van der Waals surface area contributed by atoms with E-state index in [2.05, 4.69) is 15.0 Å². The lowest BCUT2D eigenvalue weighted by Crippen LogP contribution is -2.32. The summed E-state index contributed by atoms with van der Waals surface area (Å²) in [5, 5.41) is 2.88. The molecule has 3 aromatic rings. The Morgan fingerprint density at radius 3 is 2.53 bits per heavy atom. The maximum Gasteiger partial charge on any atom is 0.265 e. The van der Waals surface area contributed by atoms with Crippen LogP contribution < -0.4 is 24.2 Å². The molecular formula is C24H27N3O6S. The Kier molecular flexibility index (Phi) is 7.95. The molecule has 2 aromatic carbocycles. The molecule has 34 heavy (non-hydrogen) atoms. The van der Waals surface area contributed by atoms with Gasteiger partial charge in [0.2, 0.25) is 5.88 Å². The first kappa shape index (κ1) is 24.8. The molecule has 0 aliphatic rings. The molecule has 1 heterocycles. The van der Waals surface area contributed by atoms with Crippen LogP contribution in [0, 0.1) is 0 Å². The number of carbonyl (C=O) groups excluding carboxylic acids is 1. The number of hydrogen-bond donors (Lipinski definition) is 2. The first-order valence-corrected chi connectivity index (χ1v) is 12.0. The Labute approximate surface area is 199 Å². The minimum absolute atomic E-state index is 0.00751. The Bertz CT molecular complexity index is 1260. The van der Waals surface area contributed by atoms with E-state index in [9.17, 15) is 13.2 Å². The third kappa shape index (κ3) is 5.96. The maximum atomic E-state index is 13.0. The second kappa shape index (κ2) is 10.9. The van der Waals surface area contributed by atoms with Crippen molar-refractivity contribution in [1.82, 2.24) is 10.3 Å². The zero-order valence-corrected chi connectivity index (χ0v) is 20.2. The summed E-state index contributed by atoms with van der Waals surface area (Å²) in [6, 6.07) is 14.1. The van der Waals surface area contributed by atoms with Crippen LogP contribution in [0.1, 0.15) is 30.6 Å². The van der Waals surface area contributed by atoms with Crippen LogP contribution in [0.25, 0.3) is 0 Å². The summed E-state index contributed by atoms with van der Waals surface area (Å²) in [5.74, 6) is 0.647. The number of nitrogens with zero attached hydrogens (tertiary/aromatic N) is 1. The van der Waals surface area contributed by atoms with Gasteiger partial charge in [0.15, 0.2) is 0 Å². The number of aromatic nitrogens is 1. The number of methoxy groups -OCH3 is 2. The minimum Gasteiger partial charge on any atom is -0.497 e. The molecule has 0 saturated heterocycles. The van der Waals surface area contributed by atoms with Crippen molar-refractivity contribution in [3.8, 4) is 23.1 Å². The number of hydrogen-bond acceptors (Lipinski definition) is 7. The van der Waals surface area contributed by atoms with Crippen LogP contribution >= 0.6 is 0 Å². The number of amides is 1. The predicted molar refractivity (Wildman–Crippen MR) is 128 cm³/mol. The molecule has 1 atom stereocenters. The topological polar surface area (TPSA) is 116 Å². The van der Waals surface area contributed by atoms with Crippen LogP contribution in [0.3, 0.4) is 0 Å². The Morgan fingerprint density at radius 2 is 1.82 bits per heavy atom. The van der Waals surface area contributed by atoms with Gasteiger partial charge in [-0.1, -0.05) is 13.0 Å². The Balaban J connectivity index is 1.85. The normalized spacial score (nSPS) is 11.9.